The van der Waals surface area contributed by atoms with Gasteiger partial charge in [0, 0.05) is 13.1 Å². The molecule has 208 valence electrons. The fraction of sp³-hybridized carbons (Fsp3) is 0.310. The summed E-state index contributed by atoms with van der Waals surface area (Å²) in [5, 5.41) is 2.80. The first-order valence-corrected chi connectivity index (χ1v) is 14.2. The van der Waals surface area contributed by atoms with Gasteiger partial charge in [-0.3, -0.25) is 13.9 Å². The molecule has 1 atom stereocenters. The summed E-state index contributed by atoms with van der Waals surface area (Å²) in [4.78, 5) is 27.9. The predicted molar refractivity (Wildman–Crippen MR) is 148 cm³/mol. The van der Waals surface area contributed by atoms with Crippen molar-refractivity contribution in [2.75, 3.05) is 24.0 Å². The number of ether oxygens (including phenoxy) is 1. The molecule has 0 bridgehead atoms. The van der Waals surface area contributed by atoms with E-state index >= 15 is 0 Å². The molecule has 0 aliphatic rings. The van der Waals surface area contributed by atoms with Crippen LogP contribution in [0.2, 0.25) is 0 Å². The molecule has 0 radical (unpaired) electrons. The molecule has 0 aliphatic carbocycles. The third-order valence-electron chi connectivity index (χ3n) is 6.03. The number of carbonyl (C=O) groups excluding carboxylic acids is 2. The van der Waals surface area contributed by atoms with Crippen molar-refractivity contribution < 1.29 is 27.1 Å². The third-order valence-corrected chi connectivity index (χ3v) is 7.82. The Morgan fingerprint density at radius 3 is 2.18 bits per heavy atom. The highest BCUT2D eigenvalue weighted by Gasteiger charge is 2.32. The summed E-state index contributed by atoms with van der Waals surface area (Å²) in [5.74, 6) is -0.954. The Bertz CT molecular complexity index is 1330. The first-order valence-electron chi connectivity index (χ1n) is 12.8. The Morgan fingerprint density at radius 2 is 1.59 bits per heavy atom. The molecule has 0 spiro atoms. The molecule has 2 amide bonds. The molecular formula is C29H34FN3O5S. The van der Waals surface area contributed by atoms with Crippen molar-refractivity contribution in [3.8, 4) is 5.75 Å². The van der Waals surface area contributed by atoms with E-state index in [9.17, 15) is 22.4 Å². The second-order valence-corrected chi connectivity index (χ2v) is 10.7. The molecule has 0 saturated carbocycles. The van der Waals surface area contributed by atoms with Gasteiger partial charge >= 0.3 is 0 Å². The van der Waals surface area contributed by atoms with Gasteiger partial charge in [0.1, 0.15) is 24.2 Å². The minimum Gasteiger partial charge on any atom is -0.494 e. The lowest BCUT2D eigenvalue weighted by Gasteiger charge is -2.32. The standard InChI is InChI=1S/C29H34FN3O5S/c1-4-19-31-29(35)22(3)32(20-23-9-7-6-8-10-23)28(34)21-33(25-13-15-26(16-14-25)38-5-2)39(36,37)27-17-11-24(30)12-18-27/h6-18,22H,4-5,19-21H2,1-3H3,(H,31,35)/t22-/m0/s1. The Balaban J connectivity index is 2.00. The Morgan fingerprint density at radius 1 is 0.949 bits per heavy atom. The molecule has 3 aromatic carbocycles. The van der Waals surface area contributed by atoms with Crippen molar-refractivity contribution >= 4 is 27.5 Å². The zero-order chi connectivity index (χ0) is 28.4. The maximum Gasteiger partial charge on any atom is 0.264 e. The molecule has 0 aromatic heterocycles. The Hall–Kier alpha value is -3.92. The van der Waals surface area contributed by atoms with Crippen LogP contribution in [0.3, 0.4) is 0 Å². The van der Waals surface area contributed by atoms with Gasteiger partial charge in [-0.25, -0.2) is 12.8 Å². The van der Waals surface area contributed by atoms with Gasteiger partial charge in [-0.05, 0) is 74.4 Å². The molecule has 0 heterocycles. The molecule has 8 nitrogen and oxygen atoms in total. The number of rotatable bonds is 13. The van der Waals surface area contributed by atoms with E-state index in [1.807, 2.05) is 44.2 Å². The van der Waals surface area contributed by atoms with Gasteiger partial charge in [-0.15, -0.1) is 0 Å². The van der Waals surface area contributed by atoms with Gasteiger partial charge in [-0.2, -0.15) is 0 Å². The fourth-order valence-electron chi connectivity index (χ4n) is 3.90. The summed E-state index contributed by atoms with van der Waals surface area (Å²) in [7, 11) is -4.28. The van der Waals surface area contributed by atoms with Crippen LogP contribution in [0.25, 0.3) is 0 Å². The minimum atomic E-state index is -4.28. The van der Waals surface area contributed by atoms with E-state index in [0.29, 0.717) is 18.9 Å². The lowest BCUT2D eigenvalue weighted by atomic mass is 10.1. The predicted octanol–water partition coefficient (Wildman–Crippen LogP) is 4.36. The van der Waals surface area contributed by atoms with E-state index in [4.69, 9.17) is 4.74 Å². The van der Waals surface area contributed by atoms with E-state index in [-0.39, 0.29) is 23.0 Å². The van der Waals surface area contributed by atoms with E-state index < -0.39 is 34.3 Å². The zero-order valence-corrected chi connectivity index (χ0v) is 23.2. The van der Waals surface area contributed by atoms with Crippen molar-refractivity contribution in [1.29, 1.82) is 0 Å². The smallest absolute Gasteiger partial charge is 0.264 e. The molecule has 39 heavy (non-hydrogen) atoms. The number of nitrogens with one attached hydrogen (secondary N) is 1. The summed E-state index contributed by atoms with van der Waals surface area (Å²) in [5.41, 5.74) is 1.01. The van der Waals surface area contributed by atoms with Crippen molar-refractivity contribution in [3.05, 3.63) is 90.2 Å². The molecule has 0 fully saturated rings. The average molecular weight is 556 g/mol. The van der Waals surface area contributed by atoms with E-state index in [1.165, 1.54) is 17.0 Å². The van der Waals surface area contributed by atoms with Crippen LogP contribution in [-0.2, 0) is 26.2 Å². The number of benzene rings is 3. The quantitative estimate of drug-likeness (QED) is 0.338. The van der Waals surface area contributed by atoms with Gasteiger partial charge < -0.3 is 15.0 Å². The van der Waals surface area contributed by atoms with Gasteiger partial charge in [0.15, 0.2) is 0 Å². The van der Waals surface area contributed by atoms with Crippen LogP contribution in [0.4, 0.5) is 10.1 Å². The van der Waals surface area contributed by atoms with Crippen LogP contribution < -0.4 is 14.4 Å². The first-order chi connectivity index (χ1) is 18.7. The lowest BCUT2D eigenvalue weighted by molar-refractivity contribution is -0.139. The van der Waals surface area contributed by atoms with Crippen LogP contribution in [0.15, 0.2) is 83.8 Å². The average Bonchev–Trinajstić information content (AvgIpc) is 2.94. The second-order valence-electron chi connectivity index (χ2n) is 8.87. The molecular weight excluding hydrogens is 521 g/mol. The van der Waals surface area contributed by atoms with Crippen LogP contribution >= 0.6 is 0 Å². The number of hydrogen-bond acceptors (Lipinski definition) is 5. The van der Waals surface area contributed by atoms with Gasteiger partial charge in [0.25, 0.3) is 10.0 Å². The number of nitrogens with zero attached hydrogens (tertiary/aromatic N) is 2. The fourth-order valence-corrected chi connectivity index (χ4v) is 5.31. The summed E-state index contributed by atoms with van der Waals surface area (Å²) < 4.78 is 47.5. The minimum absolute atomic E-state index is 0.105. The van der Waals surface area contributed by atoms with Crippen LogP contribution in [-0.4, -0.2) is 50.9 Å². The number of amides is 2. The number of carbonyl (C=O) groups is 2. The second kappa shape index (κ2) is 13.7. The molecule has 0 unspecified atom stereocenters. The molecule has 3 aromatic rings. The first kappa shape index (κ1) is 29.6. The topological polar surface area (TPSA) is 96.0 Å². The Labute approximate surface area is 229 Å². The molecule has 0 saturated heterocycles. The van der Waals surface area contributed by atoms with Crippen molar-refractivity contribution in [2.45, 2.75) is 44.7 Å². The summed E-state index contributed by atoms with van der Waals surface area (Å²) >= 11 is 0. The summed E-state index contributed by atoms with van der Waals surface area (Å²) in [6.45, 7) is 5.78. The summed E-state index contributed by atoms with van der Waals surface area (Å²) in [6.07, 6.45) is 0.729. The number of anilines is 1. The summed E-state index contributed by atoms with van der Waals surface area (Å²) in [6, 6.07) is 19.0. The van der Waals surface area contributed by atoms with Crippen LogP contribution in [0, 0.1) is 5.82 Å². The maximum absolute atomic E-state index is 13.8. The van der Waals surface area contributed by atoms with Crippen molar-refractivity contribution in [1.82, 2.24) is 10.2 Å². The van der Waals surface area contributed by atoms with Crippen molar-refractivity contribution in [3.63, 3.8) is 0 Å². The van der Waals surface area contributed by atoms with E-state index in [0.717, 1.165) is 40.6 Å². The van der Waals surface area contributed by atoms with Crippen LogP contribution in [0.5, 0.6) is 5.75 Å². The largest absolute Gasteiger partial charge is 0.494 e. The Kier molecular flexibility index (Phi) is 10.4. The molecule has 10 heteroatoms. The lowest BCUT2D eigenvalue weighted by Crippen LogP contribution is -2.51. The maximum atomic E-state index is 13.8. The third kappa shape index (κ3) is 7.79. The van der Waals surface area contributed by atoms with Crippen molar-refractivity contribution in [2.24, 2.45) is 0 Å². The highest BCUT2D eigenvalue weighted by atomic mass is 32.2. The molecule has 0 aliphatic heterocycles. The van der Waals surface area contributed by atoms with Gasteiger partial charge in [0.2, 0.25) is 11.8 Å². The SMILES string of the molecule is CCCNC(=O)[C@H](C)N(Cc1ccccc1)C(=O)CN(c1ccc(OCC)cc1)S(=O)(=O)c1ccc(F)cc1. The van der Waals surface area contributed by atoms with Gasteiger partial charge in [-0.1, -0.05) is 37.3 Å². The highest BCUT2D eigenvalue weighted by molar-refractivity contribution is 7.92. The van der Waals surface area contributed by atoms with Crippen LogP contribution in [0.1, 0.15) is 32.8 Å². The number of halogens is 1. The molecule has 3 rings (SSSR count). The normalized spacial score (nSPS) is 11.9. The monoisotopic (exact) mass is 555 g/mol. The zero-order valence-electron chi connectivity index (χ0n) is 22.3. The number of hydrogen-bond donors (Lipinski definition) is 1. The van der Waals surface area contributed by atoms with E-state index in [1.54, 1.807) is 19.1 Å². The molecule has 1 N–H and O–H groups in total. The number of sulfonamides is 1. The van der Waals surface area contributed by atoms with Gasteiger partial charge in [0.05, 0.1) is 17.2 Å². The highest BCUT2D eigenvalue weighted by Crippen LogP contribution is 2.27. The van der Waals surface area contributed by atoms with E-state index in [2.05, 4.69) is 5.32 Å².